The van der Waals surface area contributed by atoms with Crippen molar-refractivity contribution in [1.29, 1.82) is 0 Å². The summed E-state index contributed by atoms with van der Waals surface area (Å²) in [4.78, 5) is 46.6. The standard InChI is InChI=1S/C45H41N3O7/c1-29(10-9-17-42(50)46-27-32-12-4-3-11-31(32)24-34(46)28-49)45(53)37-25-35(54-2)22-23-38(37)47(44(45)52)26-30-18-20-33(21-19-30)48-39-14-6-8-16-41(39)55-40-15-7-5-13-36(40)43(48)51/h3-16,18-23,25,29,34,49,53H,17,24,26-28H2,1-2H3/b10-9+/t29-,34+,45+/m1/s1. The zero-order valence-corrected chi connectivity index (χ0v) is 30.6. The Morgan fingerprint density at radius 3 is 2.38 bits per heavy atom. The average molecular weight is 736 g/mol. The molecule has 0 radical (unpaired) electrons. The van der Waals surface area contributed by atoms with Crippen LogP contribution in [0.2, 0.25) is 0 Å². The van der Waals surface area contributed by atoms with Gasteiger partial charge in [-0.2, -0.15) is 0 Å². The maximum Gasteiger partial charge on any atom is 0.266 e. The highest BCUT2D eigenvalue weighted by molar-refractivity contribution is 6.14. The van der Waals surface area contributed by atoms with E-state index in [2.05, 4.69) is 0 Å². The lowest BCUT2D eigenvalue weighted by atomic mass is 9.82. The van der Waals surface area contributed by atoms with Crippen molar-refractivity contribution < 1.29 is 34.1 Å². The number of para-hydroxylation sites is 3. The number of hydrogen-bond acceptors (Lipinski definition) is 7. The van der Waals surface area contributed by atoms with Gasteiger partial charge in [-0.1, -0.05) is 79.7 Å². The lowest BCUT2D eigenvalue weighted by molar-refractivity contribution is -0.139. The summed E-state index contributed by atoms with van der Waals surface area (Å²) in [5.74, 6) is -0.0460. The number of hydrogen-bond donors (Lipinski definition) is 2. The molecule has 0 unspecified atom stereocenters. The summed E-state index contributed by atoms with van der Waals surface area (Å²) in [5.41, 5.74) is 3.68. The van der Waals surface area contributed by atoms with E-state index in [9.17, 15) is 24.6 Å². The molecule has 3 aliphatic heterocycles. The lowest BCUT2D eigenvalue weighted by Crippen LogP contribution is -2.46. The van der Waals surface area contributed by atoms with Crippen molar-refractivity contribution in [1.82, 2.24) is 4.90 Å². The molecule has 5 aromatic rings. The van der Waals surface area contributed by atoms with Crippen molar-refractivity contribution in [2.45, 2.75) is 44.5 Å². The van der Waals surface area contributed by atoms with Gasteiger partial charge in [-0.3, -0.25) is 19.3 Å². The Balaban J connectivity index is 1.03. The second-order valence-electron chi connectivity index (χ2n) is 14.2. The van der Waals surface area contributed by atoms with E-state index >= 15 is 0 Å². The molecular weight excluding hydrogens is 695 g/mol. The monoisotopic (exact) mass is 735 g/mol. The predicted molar refractivity (Wildman–Crippen MR) is 208 cm³/mol. The van der Waals surface area contributed by atoms with Gasteiger partial charge in [-0.05, 0) is 77.7 Å². The van der Waals surface area contributed by atoms with Crippen LogP contribution >= 0.6 is 0 Å². The van der Waals surface area contributed by atoms with Crippen molar-refractivity contribution in [3.63, 3.8) is 0 Å². The van der Waals surface area contributed by atoms with Gasteiger partial charge in [0.15, 0.2) is 11.4 Å². The molecule has 10 nitrogen and oxygen atoms in total. The van der Waals surface area contributed by atoms with Crippen LogP contribution < -0.4 is 19.3 Å². The molecule has 0 saturated carbocycles. The number of benzene rings is 5. The number of amides is 3. The summed E-state index contributed by atoms with van der Waals surface area (Å²) in [6.45, 7) is 2.19. The average Bonchev–Trinajstić information content (AvgIpc) is 3.34. The number of anilines is 3. The molecule has 0 bridgehead atoms. The van der Waals surface area contributed by atoms with Gasteiger partial charge < -0.3 is 29.5 Å². The van der Waals surface area contributed by atoms with Gasteiger partial charge in [0, 0.05) is 30.1 Å². The molecule has 3 amide bonds. The minimum Gasteiger partial charge on any atom is -0.497 e. The number of nitrogens with zero attached hydrogens (tertiary/aromatic N) is 3. The number of fused-ring (bicyclic) bond motifs is 4. The van der Waals surface area contributed by atoms with Crippen molar-refractivity contribution in [2.24, 2.45) is 5.92 Å². The smallest absolute Gasteiger partial charge is 0.266 e. The van der Waals surface area contributed by atoms with Crippen molar-refractivity contribution in [3.05, 3.63) is 155 Å². The first-order valence-electron chi connectivity index (χ1n) is 18.4. The molecule has 55 heavy (non-hydrogen) atoms. The molecule has 3 heterocycles. The Morgan fingerprint density at radius 2 is 1.62 bits per heavy atom. The zero-order valence-electron chi connectivity index (χ0n) is 30.6. The van der Waals surface area contributed by atoms with Crippen LogP contribution in [0.1, 0.15) is 46.0 Å². The van der Waals surface area contributed by atoms with Gasteiger partial charge in [-0.15, -0.1) is 0 Å². The van der Waals surface area contributed by atoms with Gasteiger partial charge in [-0.25, -0.2) is 0 Å². The van der Waals surface area contributed by atoms with Crippen LogP contribution in [0.15, 0.2) is 127 Å². The maximum atomic E-state index is 14.4. The SMILES string of the molecule is COc1ccc2c(c1)[C@@](O)([C@H](C)/C=C/CC(=O)N1Cc3ccccc3C[C@H]1CO)C(=O)N2Cc1ccc(N2C(=O)c3ccccc3Oc3ccccc32)cc1. The molecule has 0 spiro atoms. The molecule has 8 rings (SSSR count). The molecule has 2 N–H and O–H groups in total. The van der Waals surface area contributed by atoms with Crippen molar-refractivity contribution >= 4 is 34.8 Å². The Morgan fingerprint density at radius 1 is 0.909 bits per heavy atom. The fraction of sp³-hybridized carbons (Fsp3) is 0.222. The van der Waals surface area contributed by atoms with E-state index in [0.717, 1.165) is 16.7 Å². The van der Waals surface area contributed by atoms with E-state index in [4.69, 9.17) is 9.47 Å². The summed E-state index contributed by atoms with van der Waals surface area (Å²) in [6, 6.07) is 34.8. The van der Waals surface area contributed by atoms with Crippen LogP contribution in [0.5, 0.6) is 17.2 Å². The van der Waals surface area contributed by atoms with Crippen LogP contribution in [-0.4, -0.2) is 52.6 Å². The first-order chi connectivity index (χ1) is 26.7. The number of carbonyl (C=O) groups excluding carboxylic acids is 3. The maximum absolute atomic E-state index is 14.4. The Hall–Kier alpha value is -6.23. The number of rotatable bonds is 9. The molecule has 278 valence electrons. The molecule has 0 fully saturated rings. The van der Waals surface area contributed by atoms with Crippen LogP contribution in [0.25, 0.3) is 0 Å². The van der Waals surface area contributed by atoms with Crippen LogP contribution in [-0.2, 0) is 34.7 Å². The third-order valence-corrected chi connectivity index (χ3v) is 10.9. The van der Waals surface area contributed by atoms with Gasteiger partial charge in [0.2, 0.25) is 5.91 Å². The highest BCUT2D eigenvalue weighted by atomic mass is 16.5. The second kappa shape index (κ2) is 14.5. The number of carbonyl (C=O) groups is 3. The fourth-order valence-electron chi connectivity index (χ4n) is 7.88. The third-order valence-electron chi connectivity index (χ3n) is 10.9. The van der Waals surface area contributed by atoms with E-state index < -0.39 is 17.4 Å². The van der Waals surface area contributed by atoms with E-state index in [0.29, 0.717) is 58.4 Å². The first kappa shape index (κ1) is 35.8. The number of aliphatic hydroxyl groups excluding tert-OH is 1. The highest BCUT2D eigenvalue weighted by Crippen LogP contribution is 2.48. The highest BCUT2D eigenvalue weighted by Gasteiger charge is 2.52. The summed E-state index contributed by atoms with van der Waals surface area (Å²) >= 11 is 0. The Bertz CT molecular complexity index is 2320. The summed E-state index contributed by atoms with van der Waals surface area (Å²) in [7, 11) is 1.53. The summed E-state index contributed by atoms with van der Waals surface area (Å²) in [6.07, 6.45) is 4.04. The van der Waals surface area contributed by atoms with E-state index in [1.165, 1.54) is 7.11 Å². The molecule has 3 aliphatic rings. The van der Waals surface area contributed by atoms with Crippen molar-refractivity contribution in [3.8, 4) is 17.2 Å². The minimum atomic E-state index is -1.93. The van der Waals surface area contributed by atoms with Crippen LogP contribution in [0.4, 0.5) is 17.1 Å². The number of ether oxygens (including phenoxy) is 2. The van der Waals surface area contributed by atoms with Gasteiger partial charge >= 0.3 is 0 Å². The molecule has 5 aromatic carbocycles. The quantitative estimate of drug-likeness (QED) is 0.156. The number of methoxy groups -OCH3 is 1. The second-order valence-corrected chi connectivity index (χ2v) is 14.2. The van der Waals surface area contributed by atoms with Crippen LogP contribution in [0, 0.1) is 5.92 Å². The normalized spacial score (nSPS) is 19.3. The predicted octanol–water partition coefficient (Wildman–Crippen LogP) is 7.04. The lowest BCUT2D eigenvalue weighted by Gasteiger charge is -2.36. The molecule has 10 heteroatoms. The molecule has 0 aromatic heterocycles. The Kier molecular flexibility index (Phi) is 9.46. The van der Waals surface area contributed by atoms with E-state index in [-0.39, 0.29) is 37.4 Å². The van der Waals surface area contributed by atoms with E-state index in [1.54, 1.807) is 70.2 Å². The zero-order chi connectivity index (χ0) is 38.3. The largest absolute Gasteiger partial charge is 0.497 e. The third kappa shape index (κ3) is 6.33. The molecule has 3 atom stereocenters. The topological polar surface area (TPSA) is 120 Å². The van der Waals surface area contributed by atoms with Gasteiger partial charge in [0.05, 0.1) is 43.2 Å². The van der Waals surface area contributed by atoms with Gasteiger partial charge in [0.25, 0.3) is 11.8 Å². The van der Waals surface area contributed by atoms with Crippen LogP contribution in [0.3, 0.4) is 0 Å². The summed E-state index contributed by atoms with van der Waals surface area (Å²) < 4.78 is 11.6. The van der Waals surface area contributed by atoms with E-state index in [1.807, 2.05) is 78.9 Å². The first-order valence-corrected chi connectivity index (χ1v) is 18.4. The molecular formula is C45H41N3O7. The van der Waals surface area contributed by atoms with Crippen molar-refractivity contribution in [2.75, 3.05) is 23.5 Å². The Labute approximate surface area is 319 Å². The molecule has 0 saturated heterocycles. The summed E-state index contributed by atoms with van der Waals surface area (Å²) in [5, 5.41) is 22.4. The number of aliphatic hydroxyl groups is 2. The minimum absolute atomic E-state index is 0.0516. The fourth-order valence-corrected chi connectivity index (χ4v) is 7.88. The molecule has 0 aliphatic carbocycles. The van der Waals surface area contributed by atoms with Gasteiger partial charge in [0.1, 0.15) is 11.5 Å².